The van der Waals surface area contributed by atoms with Crippen LogP contribution in [0.25, 0.3) is 0 Å². The van der Waals surface area contributed by atoms with Crippen LogP contribution in [0.5, 0.6) is 5.75 Å². The van der Waals surface area contributed by atoms with Crippen LogP contribution < -0.4 is 15.0 Å². The van der Waals surface area contributed by atoms with E-state index in [-0.39, 0.29) is 11.9 Å². The second kappa shape index (κ2) is 8.31. The van der Waals surface area contributed by atoms with Crippen LogP contribution in [0.4, 0.5) is 10.8 Å². The molecule has 2 aromatic rings. The number of hydrogen-bond acceptors (Lipinski definition) is 6. The number of nitrogens with zero attached hydrogens (tertiary/aromatic N) is 3. The lowest BCUT2D eigenvalue weighted by Crippen LogP contribution is -2.43. The fraction of sp³-hybridized carbons (Fsp3) is 0.444. The Bertz CT molecular complexity index is 675. The van der Waals surface area contributed by atoms with Gasteiger partial charge in [0.25, 0.3) is 0 Å². The molecule has 1 N–H and O–H groups in total. The molecule has 6 nitrogen and oxygen atoms in total. The van der Waals surface area contributed by atoms with Crippen LogP contribution in [0.2, 0.25) is 0 Å². The van der Waals surface area contributed by atoms with E-state index in [1.54, 1.807) is 18.4 Å². The molecule has 1 amide bonds. The Balaban J connectivity index is 1.56. The minimum absolute atomic E-state index is 0.0212. The second-order valence-corrected chi connectivity index (χ2v) is 6.96. The fourth-order valence-corrected chi connectivity index (χ4v) is 3.67. The van der Waals surface area contributed by atoms with Crippen molar-refractivity contribution in [2.45, 2.75) is 19.4 Å². The number of carbonyl (C=O) groups is 1. The highest BCUT2D eigenvalue weighted by Crippen LogP contribution is 2.20. The lowest BCUT2D eigenvalue weighted by molar-refractivity contribution is -0.120. The zero-order valence-corrected chi connectivity index (χ0v) is 15.5. The van der Waals surface area contributed by atoms with Crippen LogP contribution in [0.15, 0.2) is 35.8 Å². The maximum absolute atomic E-state index is 12.6. The van der Waals surface area contributed by atoms with E-state index in [4.69, 9.17) is 4.74 Å². The van der Waals surface area contributed by atoms with Crippen LogP contribution in [0.3, 0.4) is 0 Å². The molecule has 134 valence electrons. The summed E-state index contributed by atoms with van der Waals surface area (Å²) in [6, 6.07) is 7.24. The average molecular weight is 360 g/mol. The summed E-state index contributed by atoms with van der Waals surface area (Å²) in [5.74, 6) is 0.800. The number of ether oxygens (including phenoxy) is 1. The van der Waals surface area contributed by atoms with Gasteiger partial charge in [0.05, 0.1) is 13.2 Å². The number of hydrogen-bond donors (Lipinski definition) is 1. The first kappa shape index (κ1) is 17.7. The van der Waals surface area contributed by atoms with Crippen molar-refractivity contribution in [2.75, 3.05) is 43.5 Å². The van der Waals surface area contributed by atoms with E-state index >= 15 is 0 Å². The molecule has 0 saturated carbocycles. The first-order valence-corrected chi connectivity index (χ1v) is 9.39. The number of carbonyl (C=O) groups excluding carboxylic acids is 1. The Morgan fingerprint density at radius 1 is 1.24 bits per heavy atom. The van der Waals surface area contributed by atoms with Crippen LogP contribution in [0.1, 0.15) is 13.3 Å². The van der Waals surface area contributed by atoms with Crippen molar-refractivity contribution >= 4 is 28.1 Å². The standard InChI is InChI=1S/C18H24N4O2S/c1-14(17(23)20-15-4-6-16(24-2)7-5-15)21-9-3-10-22(12-11-21)18-19-8-13-25-18/h4-8,13-14H,3,9-12H2,1-2H3,(H,20,23). The van der Waals surface area contributed by atoms with Crippen molar-refractivity contribution < 1.29 is 9.53 Å². The van der Waals surface area contributed by atoms with Crippen molar-refractivity contribution in [1.82, 2.24) is 9.88 Å². The van der Waals surface area contributed by atoms with Crippen LogP contribution in [0, 0.1) is 0 Å². The Kier molecular flexibility index (Phi) is 5.88. The third kappa shape index (κ3) is 4.49. The zero-order valence-electron chi connectivity index (χ0n) is 14.6. The summed E-state index contributed by atoms with van der Waals surface area (Å²) in [6.45, 7) is 5.62. The number of nitrogens with one attached hydrogen (secondary N) is 1. The molecule has 1 saturated heterocycles. The summed E-state index contributed by atoms with van der Waals surface area (Å²) < 4.78 is 5.14. The molecular formula is C18H24N4O2S. The molecule has 0 bridgehead atoms. The number of aromatic nitrogens is 1. The lowest BCUT2D eigenvalue weighted by Gasteiger charge is -2.26. The number of rotatable bonds is 5. The van der Waals surface area contributed by atoms with Gasteiger partial charge in [0.1, 0.15) is 5.75 Å². The highest BCUT2D eigenvalue weighted by molar-refractivity contribution is 7.13. The minimum Gasteiger partial charge on any atom is -0.497 e. The summed E-state index contributed by atoms with van der Waals surface area (Å²) in [7, 11) is 1.63. The van der Waals surface area contributed by atoms with Gasteiger partial charge in [-0.3, -0.25) is 9.69 Å². The Morgan fingerprint density at radius 2 is 2.04 bits per heavy atom. The Morgan fingerprint density at radius 3 is 2.72 bits per heavy atom. The second-order valence-electron chi connectivity index (χ2n) is 6.08. The molecule has 0 radical (unpaired) electrons. The predicted molar refractivity (Wildman–Crippen MR) is 102 cm³/mol. The molecule has 1 atom stereocenters. The molecule has 1 aliphatic rings. The zero-order chi connectivity index (χ0) is 17.6. The van der Waals surface area contributed by atoms with E-state index in [1.807, 2.05) is 42.8 Å². The van der Waals surface area contributed by atoms with Crippen LogP contribution in [-0.2, 0) is 4.79 Å². The minimum atomic E-state index is -0.168. The largest absolute Gasteiger partial charge is 0.497 e. The highest BCUT2D eigenvalue weighted by atomic mass is 32.1. The Hall–Kier alpha value is -2.12. The summed E-state index contributed by atoms with van der Waals surface area (Å²) in [5, 5.41) is 6.06. The van der Waals surface area contributed by atoms with Gasteiger partial charge in [-0.1, -0.05) is 0 Å². The van der Waals surface area contributed by atoms with Crippen molar-refractivity contribution in [1.29, 1.82) is 0 Å². The van der Waals surface area contributed by atoms with E-state index < -0.39 is 0 Å². The van der Waals surface area contributed by atoms with Crippen LogP contribution in [-0.4, -0.2) is 55.1 Å². The van der Waals surface area contributed by atoms with E-state index in [0.717, 1.165) is 49.2 Å². The fourth-order valence-electron chi connectivity index (χ4n) is 2.97. The maximum Gasteiger partial charge on any atom is 0.241 e. The molecule has 1 aromatic heterocycles. The first-order chi connectivity index (χ1) is 12.2. The van der Waals surface area contributed by atoms with E-state index in [9.17, 15) is 4.79 Å². The molecule has 1 unspecified atom stereocenters. The van der Waals surface area contributed by atoms with Gasteiger partial charge < -0.3 is 15.0 Å². The van der Waals surface area contributed by atoms with E-state index in [2.05, 4.69) is 20.1 Å². The summed E-state index contributed by atoms with van der Waals surface area (Å²) in [4.78, 5) is 21.5. The molecule has 1 aromatic carbocycles. The number of benzene rings is 1. The lowest BCUT2D eigenvalue weighted by atomic mass is 10.2. The number of amides is 1. The third-order valence-corrected chi connectivity index (χ3v) is 5.34. The van der Waals surface area contributed by atoms with Crippen molar-refractivity contribution in [3.05, 3.63) is 35.8 Å². The monoisotopic (exact) mass is 360 g/mol. The molecular weight excluding hydrogens is 336 g/mol. The molecule has 3 rings (SSSR count). The number of thiazole rings is 1. The van der Waals surface area contributed by atoms with Gasteiger partial charge in [0.2, 0.25) is 5.91 Å². The van der Waals surface area contributed by atoms with Gasteiger partial charge in [-0.05, 0) is 37.6 Å². The molecule has 0 spiro atoms. The quantitative estimate of drug-likeness (QED) is 0.888. The van der Waals surface area contributed by atoms with Gasteiger partial charge in [-0.15, -0.1) is 11.3 Å². The van der Waals surface area contributed by atoms with Gasteiger partial charge in [0.15, 0.2) is 5.13 Å². The van der Waals surface area contributed by atoms with Crippen LogP contribution >= 0.6 is 11.3 Å². The van der Waals surface area contributed by atoms with Gasteiger partial charge in [-0.25, -0.2) is 4.98 Å². The average Bonchev–Trinajstić information content (AvgIpc) is 3.06. The molecule has 1 fully saturated rings. The maximum atomic E-state index is 12.6. The Labute approximate surface area is 152 Å². The van der Waals surface area contributed by atoms with Crippen molar-refractivity contribution in [2.24, 2.45) is 0 Å². The third-order valence-electron chi connectivity index (χ3n) is 4.51. The van der Waals surface area contributed by atoms with Crippen molar-refractivity contribution in [3.8, 4) is 5.75 Å². The van der Waals surface area contributed by atoms with E-state index in [1.165, 1.54) is 0 Å². The predicted octanol–water partition coefficient (Wildman–Crippen LogP) is 2.69. The molecule has 0 aliphatic carbocycles. The summed E-state index contributed by atoms with van der Waals surface area (Å²) in [6.07, 6.45) is 2.87. The number of methoxy groups -OCH3 is 1. The molecule has 25 heavy (non-hydrogen) atoms. The van der Waals surface area contributed by atoms with Gasteiger partial charge in [0, 0.05) is 43.4 Å². The highest BCUT2D eigenvalue weighted by Gasteiger charge is 2.24. The topological polar surface area (TPSA) is 57.7 Å². The van der Waals surface area contributed by atoms with Crippen molar-refractivity contribution in [3.63, 3.8) is 0 Å². The SMILES string of the molecule is COc1ccc(NC(=O)C(C)N2CCCN(c3nccs3)CC2)cc1. The molecule has 2 heterocycles. The summed E-state index contributed by atoms with van der Waals surface area (Å²) >= 11 is 1.67. The summed E-state index contributed by atoms with van der Waals surface area (Å²) in [5.41, 5.74) is 0.789. The molecule has 1 aliphatic heterocycles. The van der Waals surface area contributed by atoms with Gasteiger partial charge in [-0.2, -0.15) is 0 Å². The normalized spacial score (nSPS) is 17.0. The number of anilines is 2. The smallest absolute Gasteiger partial charge is 0.241 e. The van der Waals surface area contributed by atoms with E-state index in [0.29, 0.717) is 0 Å². The first-order valence-electron chi connectivity index (χ1n) is 8.51. The molecule has 7 heteroatoms. The van der Waals surface area contributed by atoms with Gasteiger partial charge >= 0.3 is 0 Å².